The third-order valence-electron chi connectivity index (χ3n) is 8.75. The Morgan fingerprint density at radius 1 is 0.455 bits per heavy atom. The van der Waals surface area contributed by atoms with Gasteiger partial charge >= 0.3 is 0 Å². The van der Waals surface area contributed by atoms with Crippen molar-refractivity contribution in [1.82, 2.24) is 14.1 Å². The summed E-state index contributed by atoms with van der Waals surface area (Å²) in [6.07, 6.45) is 0. The zero-order valence-electron chi connectivity index (χ0n) is 23.6. The van der Waals surface area contributed by atoms with Gasteiger partial charge in [-0.15, -0.1) is 0 Å². The van der Waals surface area contributed by atoms with Crippen LogP contribution >= 0.6 is 0 Å². The van der Waals surface area contributed by atoms with Crippen LogP contribution in [-0.2, 0) is 0 Å². The molecule has 0 saturated carbocycles. The Morgan fingerprint density at radius 3 is 1.84 bits per heavy atom. The molecular weight excluding hydrogens is 536 g/mol. The summed E-state index contributed by atoms with van der Waals surface area (Å²) in [5.74, 6) is 0.741. The summed E-state index contributed by atoms with van der Waals surface area (Å²) in [7, 11) is 0. The maximum Gasteiger partial charge on any atom is 0.139 e. The first-order chi connectivity index (χ1) is 21.8. The minimum absolute atomic E-state index is 0.618. The molecule has 3 aromatic heterocycles. The predicted octanol–water partition coefficient (Wildman–Crippen LogP) is 9.97. The van der Waals surface area contributed by atoms with Crippen molar-refractivity contribution in [3.05, 3.63) is 151 Å². The Hall–Kier alpha value is -6.18. The van der Waals surface area contributed by atoms with E-state index in [0.717, 1.165) is 55.3 Å². The van der Waals surface area contributed by atoms with Gasteiger partial charge in [0.05, 0.1) is 39.2 Å². The van der Waals surface area contributed by atoms with Gasteiger partial charge in [0.1, 0.15) is 5.82 Å². The first-order valence-corrected chi connectivity index (χ1v) is 14.7. The van der Waals surface area contributed by atoms with E-state index in [4.69, 9.17) is 4.98 Å². The molecule has 9 rings (SSSR count). The molecule has 0 amide bonds. The number of pyridine rings is 1. The van der Waals surface area contributed by atoms with E-state index in [-0.39, 0.29) is 0 Å². The third-order valence-corrected chi connectivity index (χ3v) is 8.75. The third kappa shape index (κ3) is 3.54. The Morgan fingerprint density at radius 2 is 1.05 bits per heavy atom. The quantitative estimate of drug-likeness (QED) is 0.216. The van der Waals surface area contributed by atoms with Crippen LogP contribution in [0.3, 0.4) is 0 Å². The fraction of sp³-hybridized carbons (Fsp3) is 0. The van der Waals surface area contributed by atoms with Crippen molar-refractivity contribution in [2.75, 3.05) is 0 Å². The van der Waals surface area contributed by atoms with Crippen molar-refractivity contribution in [3.63, 3.8) is 0 Å². The molecule has 0 unspecified atom stereocenters. The molecule has 0 radical (unpaired) electrons. The monoisotopic (exact) mass is 560 g/mol. The van der Waals surface area contributed by atoms with Gasteiger partial charge in [-0.2, -0.15) is 5.26 Å². The van der Waals surface area contributed by atoms with Gasteiger partial charge < -0.3 is 4.57 Å². The topological polar surface area (TPSA) is 46.5 Å². The molecule has 0 bridgehead atoms. The van der Waals surface area contributed by atoms with E-state index in [1.165, 1.54) is 21.8 Å². The van der Waals surface area contributed by atoms with Gasteiger partial charge in [-0.25, -0.2) is 4.98 Å². The van der Waals surface area contributed by atoms with E-state index in [1.54, 1.807) is 0 Å². The van der Waals surface area contributed by atoms with E-state index >= 15 is 0 Å². The molecule has 0 N–H and O–H groups in total. The molecule has 0 fully saturated rings. The first kappa shape index (κ1) is 24.4. The highest BCUT2D eigenvalue weighted by Gasteiger charge is 2.17. The summed E-state index contributed by atoms with van der Waals surface area (Å²) >= 11 is 0. The van der Waals surface area contributed by atoms with E-state index in [9.17, 15) is 5.26 Å². The number of hydrogen-bond donors (Lipinski definition) is 0. The molecule has 44 heavy (non-hydrogen) atoms. The molecule has 0 aliphatic carbocycles. The van der Waals surface area contributed by atoms with Gasteiger partial charge in [0.15, 0.2) is 0 Å². The lowest BCUT2D eigenvalue weighted by Crippen LogP contribution is -1.99. The molecular formula is C40H24N4. The maximum absolute atomic E-state index is 10.0. The van der Waals surface area contributed by atoms with Crippen LogP contribution in [0.15, 0.2) is 146 Å². The highest BCUT2D eigenvalue weighted by Crippen LogP contribution is 2.38. The fourth-order valence-electron chi connectivity index (χ4n) is 6.77. The Balaban J connectivity index is 1.29. The standard InChI is InChI=1S/C40H24N4/c41-25-28-24-40(42-35-15-7-4-12-30(28)35)44-37-17-9-5-13-31(37)33-20-18-27(23-39(33)44)26-19-21-38-34(22-26)32-14-6-8-16-36(32)43(38)29-10-2-1-3-11-29/h1-24H. The highest BCUT2D eigenvalue weighted by atomic mass is 15.1. The maximum atomic E-state index is 10.0. The lowest BCUT2D eigenvalue weighted by Gasteiger charge is -2.11. The van der Waals surface area contributed by atoms with Gasteiger partial charge in [-0.05, 0) is 65.7 Å². The number of nitrogens with zero attached hydrogens (tertiary/aromatic N) is 4. The molecule has 6 aromatic carbocycles. The summed E-state index contributed by atoms with van der Waals surface area (Å²) in [5, 5.41) is 15.6. The first-order valence-electron chi connectivity index (χ1n) is 14.7. The summed E-state index contributed by atoms with van der Waals surface area (Å²) in [5.41, 5.74) is 9.35. The average Bonchev–Trinajstić information content (AvgIpc) is 3.60. The molecule has 9 aromatic rings. The second kappa shape index (κ2) is 9.42. The van der Waals surface area contributed by atoms with E-state index in [0.29, 0.717) is 5.56 Å². The van der Waals surface area contributed by atoms with E-state index in [1.807, 2.05) is 30.3 Å². The SMILES string of the molecule is N#Cc1cc(-n2c3ccccc3c3ccc(-c4ccc5c(c4)c4ccccc4n5-c4ccccc4)cc32)nc2ccccc12. The predicted molar refractivity (Wildman–Crippen MR) is 181 cm³/mol. The number of fused-ring (bicyclic) bond motifs is 7. The van der Waals surface area contributed by atoms with Crippen LogP contribution in [0, 0.1) is 11.3 Å². The van der Waals surface area contributed by atoms with Gasteiger partial charge in [0.2, 0.25) is 0 Å². The van der Waals surface area contributed by atoms with Gasteiger partial charge in [0, 0.05) is 32.6 Å². The highest BCUT2D eigenvalue weighted by molar-refractivity contribution is 6.12. The van der Waals surface area contributed by atoms with Crippen LogP contribution in [0.25, 0.3) is 77.1 Å². The molecule has 0 spiro atoms. The van der Waals surface area contributed by atoms with E-state index < -0.39 is 0 Å². The van der Waals surface area contributed by atoms with Crippen molar-refractivity contribution in [2.24, 2.45) is 0 Å². The van der Waals surface area contributed by atoms with Crippen molar-refractivity contribution in [2.45, 2.75) is 0 Å². The van der Waals surface area contributed by atoms with Gasteiger partial charge in [-0.3, -0.25) is 4.57 Å². The molecule has 0 aliphatic heterocycles. The minimum atomic E-state index is 0.618. The van der Waals surface area contributed by atoms with Crippen molar-refractivity contribution < 1.29 is 0 Å². The van der Waals surface area contributed by atoms with Crippen LogP contribution in [0.4, 0.5) is 0 Å². The molecule has 4 nitrogen and oxygen atoms in total. The number of rotatable bonds is 3. The molecule has 0 saturated heterocycles. The molecule has 3 heterocycles. The number of benzene rings is 6. The van der Waals surface area contributed by atoms with Crippen LogP contribution in [0.1, 0.15) is 5.56 Å². The van der Waals surface area contributed by atoms with Crippen molar-refractivity contribution in [3.8, 4) is 28.7 Å². The Bertz CT molecular complexity index is 2620. The number of nitriles is 1. The molecule has 204 valence electrons. The van der Waals surface area contributed by atoms with Crippen molar-refractivity contribution in [1.29, 1.82) is 5.26 Å². The fourth-order valence-corrected chi connectivity index (χ4v) is 6.77. The van der Waals surface area contributed by atoms with Crippen LogP contribution in [0.5, 0.6) is 0 Å². The lowest BCUT2D eigenvalue weighted by molar-refractivity contribution is 1.10. The zero-order chi connectivity index (χ0) is 29.2. The number of aromatic nitrogens is 3. The summed E-state index contributed by atoms with van der Waals surface area (Å²) in [6, 6.07) is 53.2. The van der Waals surface area contributed by atoms with Gasteiger partial charge in [-0.1, -0.05) is 91.0 Å². The largest absolute Gasteiger partial charge is 0.309 e. The van der Waals surface area contributed by atoms with Crippen LogP contribution in [0.2, 0.25) is 0 Å². The number of para-hydroxylation sites is 4. The second-order valence-electron chi connectivity index (χ2n) is 11.2. The zero-order valence-corrected chi connectivity index (χ0v) is 23.6. The number of hydrogen-bond acceptors (Lipinski definition) is 2. The average molecular weight is 561 g/mol. The second-order valence-corrected chi connectivity index (χ2v) is 11.2. The Kier molecular flexibility index (Phi) is 5.23. The van der Waals surface area contributed by atoms with Crippen LogP contribution in [-0.4, -0.2) is 14.1 Å². The van der Waals surface area contributed by atoms with Gasteiger partial charge in [0.25, 0.3) is 0 Å². The minimum Gasteiger partial charge on any atom is -0.309 e. The van der Waals surface area contributed by atoms with Crippen LogP contribution < -0.4 is 0 Å². The smallest absolute Gasteiger partial charge is 0.139 e. The summed E-state index contributed by atoms with van der Waals surface area (Å²) in [6.45, 7) is 0. The molecule has 0 atom stereocenters. The molecule has 4 heteroatoms. The van der Waals surface area contributed by atoms with E-state index in [2.05, 4.69) is 130 Å². The summed E-state index contributed by atoms with van der Waals surface area (Å²) in [4.78, 5) is 5.04. The Labute approximate surface area is 253 Å². The van der Waals surface area contributed by atoms with Crippen molar-refractivity contribution >= 4 is 54.5 Å². The summed E-state index contributed by atoms with van der Waals surface area (Å²) < 4.78 is 4.54. The lowest BCUT2D eigenvalue weighted by atomic mass is 10.0. The molecule has 0 aliphatic rings. The normalized spacial score (nSPS) is 11.6.